The highest BCUT2D eigenvalue weighted by Gasteiger charge is 2.35. The molecule has 0 saturated heterocycles. The van der Waals surface area contributed by atoms with Crippen molar-refractivity contribution in [1.29, 1.82) is 0 Å². The molecule has 3 unspecified atom stereocenters. The summed E-state index contributed by atoms with van der Waals surface area (Å²) in [5.41, 5.74) is 0. The maximum Gasteiger partial charge on any atom is 0.0618 e. The fourth-order valence-electron chi connectivity index (χ4n) is 2.75. The van der Waals surface area contributed by atoms with Crippen LogP contribution < -0.4 is 5.32 Å². The number of aliphatic hydroxyl groups excluding tert-OH is 1. The van der Waals surface area contributed by atoms with Gasteiger partial charge in [0.05, 0.1) is 6.61 Å². The highest BCUT2D eigenvalue weighted by molar-refractivity contribution is 4.92. The van der Waals surface area contributed by atoms with E-state index < -0.39 is 0 Å². The zero-order valence-electron chi connectivity index (χ0n) is 9.61. The van der Waals surface area contributed by atoms with Crippen molar-refractivity contribution in [2.75, 3.05) is 20.3 Å². The highest BCUT2D eigenvalue weighted by Crippen LogP contribution is 2.34. The SMILES string of the molecule is COCC(NC1CCCC1CO)C1CC1. The number of methoxy groups -OCH3 is 1. The molecule has 0 radical (unpaired) electrons. The maximum atomic E-state index is 9.26. The molecule has 2 rings (SSSR count). The molecule has 88 valence electrons. The average Bonchev–Trinajstić information content (AvgIpc) is 2.99. The van der Waals surface area contributed by atoms with Crippen LogP contribution in [0.15, 0.2) is 0 Å². The first kappa shape index (κ1) is 11.4. The number of nitrogens with one attached hydrogen (secondary N) is 1. The molecule has 3 heteroatoms. The molecule has 3 nitrogen and oxygen atoms in total. The van der Waals surface area contributed by atoms with E-state index in [0.29, 0.717) is 24.6 Å². The smallest absolute Gasteiger partial charge is 0.0618 e. The first-order chi connectivity index (χ1) is 7.35. The molecule has 0 aromatic heterocycles. The molecule has 2 aliphatic rings. The Morgan fingerprint density at radius 1 is 1.33 bits per heavy atom. The van der Waals surface area contributed by atoms with E-state index in [1.54, 1.807) is 7.11 Å². The van der Waals surface area contributed by atoms with Crippen molar-refractivity contribution in [3.05, 3.63) is 0 Å². The largest absolute Gasteiger partial charge is 0.396 e. The number of rotatable bonds is 6. The van der Waals surface area contributed by atoms with Crippen LogP contribution in [0.1, 0.15) is 32.1 Å². The summed E-state index contributed by atoms with van der Waals surface area (Å²) in [7, 11) is 1.77. The topological polar surface area (TPSA) is 41.5 Å². The lowest BCUT2D eigenvalue weighted by atomic mass is 10.0. The van der Waals surface area contributed by atoms with Crippen LogP contribution in [-0.2, 0) is 4.74 Å². The summed E-state index contributed by atoms with van der Waals surface area (Å²) in [5, 5.41) is 13.0. The monoisotopic (exact) mass is 213 g/mol. The Labute approximate surface area is 92.2 Å². The Balaban J connectivity index is 1.81. The van der Waals surface area contributed by atoms with Gasteiger partial charge in [0.2, 0.25) is 0 Å². The molecule has 0 aromatic rings. The Morgan fingerprint density at radius 2 is 2.13 bits per heavy atom. The summed E-state index contributed by atoms with van der Waals surface area (Å²) in [6.45, 7) is 1.15. The van der Waals surface area contributed by atoms with Crippen molar-refractivity contribution < 1.29 is 9.84 Å². The number of hydrogen-bond donors (Lipinski definition) is 2. The number of hydrogen-bond acceptors (Lipinski definition) is 3. The van der Waals surface area contributed by atoms with Crippen LogP contribution in [0.4, 0.5) is 0 Å². The van der Waals surface area contributed by atoms with Gasteiger partial charge in [0, 0.05) is 25.8 Å². The predicted molar refractivity (Wildman–Crippen MR) is 59.7 cm³/mol. The zero-order valence-corrected chi connectivity index (χ0v) is 9.61. The van der Waals surface area contributed by atoms with Gasteiger partial charge in [0.15, 0.2) is 0 Å². The van der Waals surface area contributed by atoms with E-state index in [-0.39, 0.29) is 0 Å². The Hall–Kier alpha value is -0.120. The Morgan fingerprint density at radius 3 is 2.73 bits per heavy atom. The Kier molecular flexibility index (Phi) is 4.00. The van der Waals surface area contributed by atoms with Crippen LogP contribution in [0.5, 0.6) is 0 Å². The van der Waals surface area contributed by atoms with Gasteiger partial charge in [0.1, 0.15) is 0 Å². The van der Waals surface area contributed by atoms with E-state index in [2.05, 4.69) is 5.32 Å². The van der Waals surface area contributed by atoms with E-state index in [4.69, 9.17) is 4.74 Å². The molecule has 3 atom stereocenters. The number of aliphatic hydroxyl groups is 1. The zero-order chi connectivity index (χ0) is 10.7. The average molecular weight is 213 g/mol. The third kappa shape index (κ3) is 2.92. The molecule has 0 spiro atoms. The minimum absolute atomic E-state index is 0.335. The second-order valence-corrected chi connectivity index (χ2v) is 5.05. The van der Waals surface area contributed by atoms with Crippen molar-refractivity contribution in [3.63, 3.8) is 0 Å². The molecule has 2 fully saturated rings. The lowest BCUT2D eigenvalue weighted by Crippen LogP contribution is -2.44. The summed E-state index contributed by atoms with van der Waals surface area (Å²) >= 11 is 0. The van der Waals surface area contributed by atoms with Crippen LogP contribution in [0.2, 0.25) is 0 Å². The van der Waals surface area contributed by atoms with E-state index in [0.717, 1.165) is 12.5 Å². The molecule has 0 aromatic carbocycles. The molecule has 0 amide bonds. The third-order valence-electron chi connectivity index (χ3n) is 3.86. The van der Waals surface area contributed by atoms with E-state index in [1.807, 2.05) is 0 Å². The van der Waals surface area contributed by atoms with E-state index in [9.17, 15) is 5.11 Å². The van der Waals surface area contributed by atoms with Crippen LogP contribution in [-0.4, -0.2) is 37.5 Å². The van der Waals surface area contributed by atoms with Crippen LogP contribution in [0.3, 0.4) is 0 Å². The van der Waals surface area contributed by atoms with Gasteiger partial charge in [-0.3, -0.25) is 0 Å². The predicted octanol–water partition coefficient (Wildman–Crippen LogP) is 1.16. The summed E-state index contributed by atoms with van der Waals surface area (Å²) in [4.78, 5) is 0. The van der Waals surface area contributed by atoms with Crippen LogP contribution >= 0.6 is 0 Å². The molecule has 2 N–H and O–H groups in total. The lowest BCUT2D eigenvalue weighted by molar-refractivity contribution is 0.137. The van der Waals surface area contributed by atoms with Gasteiger partial charge in [-0.2, -0.15) is 0 Å². The fraction of sp³-hybridized carbons (Fsp3) is 1.00. The van der Waals surface area contributed by atoms with Crippen molar-refractivity contribution in [3.8, 4) is 0 Å². The van der Waals surface area contributed by atoms with Crippen molar-refractivity contribution in [2.45, 2.75) is 44.2 Å². The summed E-state index contributed by atoms with van der Waals surface area (Å²) in [6.07, 6.45) is 6.35. The quantitative estimate of drug-likeness (QED) is 0.696. The van der Waals surface area contributed by atoms with Gasteiger partial charge in [0.25, 0.3) is 0 Å². The van der Waals surface area contributed by atoms with Gasteiger partial charge >= 0.3 is 0 Å². The molecule has 15 heavy (non-hydrogen) atoms. The summed E-state index contributed by atoms with van der Waals surface area (Å²) in [5.74, 6) is 1.30. The molecule has 0 aliphatic heterocycles. The molecule has 2 aliphatic carbocycles. The highest BCUT2D eigenvalue weighted by atomic mass is 16.5. The first-order valence-corrected chi connectivity index (χ1v) is 6.21. The van der Waals surface area contributed by atoms with Crippen molar-refractivity contribution >= 4 is 0 Å². The molecule has 0 bridgehead atoms. The third-order valence-corrected chi connectivity index (χ3v) is 3.86. The van der Waals surface area contributed by atoms with Crippen molar-refractivity contribution in [2.24, 2.45) is 11.8 Å². The standard InChI is InChI=1S/C12H23NO2/c1-15-8-12(9-5-6-9)13-11-4-2-3-10(11)7-14/h9-14H,2-8H2,1H3. The van der Waals surface area contributed by atoms with E-state index in [1.165, 1.54) is 32.1 Å². The summed E-state index contributed by atoms with van der Waals surface area (Å²) < 4.78 is 5.26. The van der Waals surface area contributed by atoms with Gasteiger partial charge in [-0.25, -0.2) is 0 Å². The molecule has 2 saturated carbocycles. The fourth-order valence-corrected chi connectivity index (χ4v) is 2.75. The number of ether oxygens (including phenoxy) is 1. The normalized spacial score (nSPS) is 33.2. The minimum Gasteiger partial charge on any atom is -0.396 e. The minimum atomic E-state index is 0.335. The maximum absolute atomic E-state index is 9.26. The molecule has 0 heterocycles. The van der Waals surface area contributed by atoms with Gasteiger partial charge < -0.3 is 15.2 Å². The molecular formula is C12H23NO2. The first-order valence-electron chi connectivity index (χ1n) is 6.21. The van der Waals surface area contributed by atoms with Crippen molar-refractivity contribution in [1.82, 2.24) is 5.32 Å². The van der Waals surface area contributed by atoms with Gasteiger partial charge in [-0.05, 0) is 37.5 Å². The van der Waals surface area contributed by atoms with E-state index >= 15 is 0 Å². The lowest BCUT2D eigenvalue weighted by Gasteiger charge is -2.26. The van der Waals surface area contributed by atoms with Crippen LogP contribution in [0, 0.1) is 11.8 Å². The summed E-state index contributed by atoms with van der Waals surface area (Å²) in [6, 6.07) is 1.04. The van der Waals surface area contributed by atoms with Gasteiger partial charge in [-0.15, -0.1) is 0 Å². The Bertz CT molecular complexity index is 194. The van der Waals surface area contributed by atoms with Gasteiger partial charge in [-0.1, -0.05) is 6.42 Å². The second kappa shape index (κ2) is 5.28. The van der Waals surface area contributed by atoms with Crippen LogP contribution in [0.25, 0.3) is 0 Å². The second-order valence-electron chi connectivity index (χ2n) is 5.05. The molecular weight excluding hydrogens is 190 g/mol.